The Kier molecular flexibility index (Phi) is 4.95. The number of nitrogens with one attached hydrogen (secondary N) is 2. The van der Waals surface area contributed by atoms with Crippen LogP contribution in [0.15, 0.2) is 18.2 Å². The van der Waals surface area contributed by atoms with Crippen molar-refractivity contribution in [2.75, 3.05) is 19.6 Å². The first-order valence-corrected chi connectivity index (χ1v) is 6.66. The third-order valence-electron chi connectivity index (χ3n) is 3.16. The lowest BCUT2D eigenvalue weighted by Crippen LogP contribution is -2.34. The van der Waals surface area contributed by atoms with Crippen LogP contribution in [0.4, 0.5) is 4.39 Å². The fraction of sp³-hybridized carbons (Fsp3) is 0.538. The second kappa shape index (κ2) is 6.48. The zero-order valence-corrected chi connectivity index (χ0v) is 11.0. The van der Waals surface area contributed by atoms with E-state index in [1.165, 1.54) is 12.1 Å². The molecule has 1 aliphatic heterocycles. The molecule has 1 aromatic rings. The highest BCUT2D eigenvalue weighted by molar-refractivity contribution is 6.30. The summed E-state index contributed by atoms with van der Waals surface area (Å²) in [5, 5.41) is 7.16. The van der Waals surface area contributed by atoms with E-state index in [1.807, 2.05) is 0 Å². The molecular formula is C13H19ClFN3. The minimum absolute atomic E-state index is 0.277. The molecular weight excluding hydrogens is 253 g/mol. The number of benzene rings is 1. The molecule has 1 aromatic carbocycles. The van der Waals surface area contributed by atoms with Gasteiger partial charge in [-0.3, -0.25) is 0 Å². The molecule has 3 nitrogen and oxygen atoms in total. The summed E-state index contributed by atoms with van der Waals surface area (Å²) in [4.78, 5) is 0. The second-order valence-electron chi connectivity index (χ2n) is 4.83. The van der Waals surface area contributed by atoms with Crippen LogP contribution in [0, 0.1) is 5.82 Å². The molecule has 100 valence electrons. The molecule has 0 amide bonds. The minimum Gasteiger partial charge on any atom is -0.326 e. The van der Waals surface area contributed by atoms with Crippen molar-refractivity contribution in [1.82, 2.24) is 10.6 Å². The first-order valence-electron chi connectivity index (χ1n) is 6.28. The molecule has 1 aliphatic rings. The summed E-state index contributed by atoms with van der Waals surface area (Å²) in [6.07, 6.45) is 1.79. The van der Waals surface area contributed by atoms with Gasteiger partial charge in [0.05, 0.1) is 0 Å². The highest BCUT2D eigenvalue weighted by Crippen LogP contribution is 2.14. The van der Waals surface area contributed by atoms with E-state index in [0.29, 0.717) is 11.1 Å². The molecule has 0 aliphatic carbocycles. The molecule has 5 heteroatoms. The number of hydrogen-bond donors (Lipinski definition) is 3. The Morgan fingerprint density at radius 2 is 2.28 bits per heavy atom. The summed E-state index contributed by atoms with van der Waals surface area (Å²) in [6.45, 7) is 2.61. The molecule has 1 fully saturated rings. The van der Waals surface area contributed by atoms with Gasteiger partial charge in [0.25, 0.3) is 0 Å². The maximum absolute atomic E-state index is 13.1. The lowest BCUT2D eigenvalue weighted by Gasteiger charge is -2.11. The molecule has 4 N–H and O–H groups in total. The van der Waals surface area contributed by atoms with Crippen LogP contribution in [0.2, 0.25) is 5.02 Å². The number of nitrogens with two attached hydrogens (primary N) is 1. The fourth-order valence-corrected chi connectivity index (χ4v) is 2.51. The number of rotatable bonds is 5. The van der Waals surface area contributed by atoms with Crippen LogP contribution >= 0.6 is 11.6 Å². The van der Waals surface area contributed by atoms with E-state index in [2.05, 4.69) is 10.6 Å². The zero-order chi connectivity index (χ0) is 13.0. The van der Waals surface area contributed by atoms with Gasteiger partial charge in [-0.25, -0.2) is 4.39 Å². The molecule has 0 saturated carbocycles. The van der Waals surface area contributed by atoms with Crippen LogP contribution in [0.25, 0.3) is 0 Å². The molecule has 0 aromatic heterocycles. The summed E-state index contributed by atoms with van der Waals surface area (Å²) in [6, 6.07) is 5.38. The van der Waals surface area contributed by atoms with Gasteiger partial charge in [0.1, 0.15) is 5.82 Å². The first-order chi connectivity index (χ1) is 8.63. The van der Waals surface area contributed by atoms with Gasteiger partial charge in [-0.1, -0.05) is 11.6 Å². The van der Waals surface area contributed by atoms with Gasteiger partial charge in [-0.15, -0.1) is 0 Å². The van der Waals surface area contributed by atoms with Crippen molar-refractivity contribution in [3.05, 3.63) is 34.6 Å². The summed E-state index contributed by atoms with van der Waals surface area (Å²) < 4.78 is 13.1. The van der Waals surface area contributed by atoms with Crippen molar-refractivity contribution < 1.29 is 4.39 Å². The van der Waals surface area contributed by atoms with Crippen molar-refractivity contribution in [3.8, 4) is 0 Å². The van der Waals surface area contributed by atoms with Gasteiger partial charge in [0.2, 0.25) is 0 Å². The Morgan fingerprint density at radius 3 is 2.94 bits per heavy atom. The van der Waals surface area contributed by atoms with Crippen LogP contribution in [0.3, 0.4) is 0 Å². The second-order valence-corrected chi connectivity index (χ2v) is 5.27. The fourth-order valence-electron chi connectivity index (χ4n) is 2.27. The van der Waals surface area contributed by atoms with Crippen LogP contribution in [-0.4, -0.2) is 31.7 Å². The maximum atomic E-state index is 13.1. The summed E-state index contributed by atoms with van der Waals surface area (Å²) in [5.74, 6) is -0.277. The topological polar surface area (TPSA) is 50.1 Å². The largest absolute Gasteiger partial charge is 0.326 e. The normalized spacial score (nSPS) is 23.5. The van der Waals surface area contributed by atoms with Gasteiger partial charge in [-0.05, 0) is 43.1 Å². The van der Waals surface area contributed by atoms with Gasteiger partial charge in [0, 0.05) is 30.2 Å². The third kappa shape index (κ3) is 4.21. The number of halogens is 2. The lowest BCUT2D eigenvalue weighted by atomic mass is 10.1. The van der Waals surface area contributed by atoms with Crippen molar-refractivity contribution in [2.45, 2.75) is 24.9 Å². The monoisotopic (exact) mass is 271 g/mol. The van der Waals surface area contributed by atoms with E-state index >= 15 is 0 Å². The Balaban J connectivity index is 1.68. The van der Waals surface area contributed by atoms with Gasteiger partial charge < -0.3 is 16.4 Å². The predicted octanol–water partition coefficient (Wildman–Crippen LogP) is 1.30. The molecule has 1 saturated heterocycles. The van der Waals surface area contributed by atoms with Gasteiger partial charge in [-0.2, -0.15) is 0 Å². The summed E-state index contributed by atoms with van der Waals surface area (Å²) in [7, 11) is 0. The van der Waals surface area contributed by atoms with E-state index in [9.17, 15) is 4.39 Å². The average Bonchev–Trinajstić information content (AvgIpc) is 2.69. The predicted molar refractivity (Wildman–Crippen MR) is 72.4 cm³/mol. The van der Waals surface area contributed by atoms with Gasteiger partial charge >= 0.3 is 0 Å². The quantitative estimate of drug-likeness (QED) is 0.708. The van der Waals surface area contributed by atoms with E-state index < -0.39 is 0 Å². The molecule has 0 spiro atoms. The zero-order valence-electron chi connectivity index (χ0n) is 10.3. The molecule has 1 heterocycles. The first kappa shape index (κ1) is 13.7. The Morgan fingerprint density at radius 1 is 1.44 bits per heavy atom. The molecule has 2 atom stereocenters. The lowest BCUT2D eigenvalue weighted by molar-refractivity contribution is 0.533. The van der Waals surface area contributed by atoms with Crippen LogP contribution < -0.4 is 16.4 Å². The average molecular weight is 272 g/mol. The van der Waals surface area contributed by atoms with Crippen molar-refractivity contribution in [3.63, 3.8) is 0 Å². The van der Waals surface area contributed by atoms with Crippen molar-refractivity contribution in [1.29, 1.82) is 0 Å². The van der Waals surface area contributed by atoms with E-state index in [0.717, 1.165) is 38.0 Å². The van der Waals surface area contributed by atoms with E-state index in [1.54, 1.807) is 6.07 Å². The molecule has 2 rings (SSSR count). The molecule has 18 heavy (non-hydrogen) atoms. The minimum atomic E-state index is -0.277. The third-order valence-corrected chi connectivity index (χ3v) is 3.38. The van der Waals surface area contributed by atoms with Crippen molar-refractivity contribution >= 4 is 11.6 Å². The van der Waals surface area contributed by atoms with Gasteiger partial charge in [0.15, 0.2) is 0 Å². The Labute approximate surface area is 112 Å². The molecule has 2 unspecified atom stereocenters. The van der Waals surface area contributed by atoms with Crippen LogP contribution in [0.5, 0.6) is 0 Å². The summed E-state index contributed by atoms with van der Waals surface area (Å²) in [5.41, 5.74) is 6.73. The standard InChI is InChI=1S/C13H19ClFN3/c14-10-3-9(4-11(15)5-10)1-2-17-8-13-6-12(16)7-18-13/h3-5,12-13,17-18H,1-2,6-8,16H2. The SMILES string of the molecule is NC1CNC(CNCCc2cc(F)cc(Cl)c2)C1. The smallest absolute Gasteiger partial charge is 0.124 e. The highest BCUT2D eigenvalue weighted by Gasteiger charge is 2.19. The Bertz CT molecular complexity index is 380. The molecule has 0 radical (unpaired) electrons. The summed E-state index contributed by atoms with van der Waals surface area (Å²) >= 11 is 5.80. The van der Waals surface area contributed by atoms with Crippen LogP contribution in [0.1, 0.15) is 12.0 Å². The highest BCUT2D eigenvalue weighted by atomic mass is 35.5. The Hall–Kier alpha value is -0.680. The van der Waals surface area contributed by atoms with Crippen molar-refractivity contribution in [2.24, 2.45) is 5.73 Å². The van der Waals surface area contributed by atoms with Crippen LogP contribution in [-0.2, 0) is 6.42 Å². The molecule has 0 bridgehead atoms. The maximum Gasteiger partial charge on any atom is 0.124 e. The van der Waals surface area contributed by atoms with E-state index in [4.69, 9.17) is 17.3 Å². The number of hydrogen-bond acceptors (Lipinski definition) is 3. The van der Waals surface area contributed by atoms with E-state index in [-0.39, 0.29) is 11.9 Å².